The molecule has 0 aliphatic heterocycles. The Morgan fingerprint density at radius 1 is 1.06 bits per heavy atom. The molecule has 0 atom stereocenters. The molecule has 5 rings (SSSR count). The molecule has 3 heterocycles. The zero-order chi connectivity index (χ0) is 24.7. The molecule has 12 heteroatoms. The maximum Gasteiger partial charge on any atom is 0.573 e. The Bertz CT molecular complexity index is 1580. The largest absolute Gasteiger partial charge is 0.573 e. The van der Waals surface area contributed by atoms with Crippen molar-refractivity contribution in [2.45, 2.75) is 6.36 Å². The van der Waals surface area contributed by atoms with Crippen LogP contribution in [0.25, 0.3) is 27.8 Å². The van der Waals surface area contributed by atoms with Gasteiger partial charge < -0.3 is 18.9 Å². The fourth-order valence-electron chi connectivity index (χ4n) is 3.59. The number of rotatable bonds is 5. The molecule has 5 aromatic rings. The summed E-state index contributed by atoms with van der Waals surface area (Å²) in [7, 11) is 1.37. The summed E-state index contributed by atoms with van der Waals surface area (Å²) in [5, 5.41) is 2.59. The molecule has 0 saturated heterocycles. The van der Waals surface area contributed by atoms with Gasteiger partial charge in [-0.3, -0.25) is 10.1 Å². The zero-order valence-electron chi connectivity index (χ0n) is 17.9. The summed E-state index contributed by atoms with van der Waals surface area (Å²) in [4.78, 5) is 24.1. The first kappa shape index (κ1) is 22.2. The van der Waals surface area contributed by atoms with E-state index in [1.165, 1.54) is 42.1 Å². The summed E-state index contributed by atoms with van der Waals surface area (Å²) in [6.45, 7) is 0. The van der Waals surface area contributed by atoms with Crippen LogP contribution in [0.15, 0.2) is 60.9 Å². The Balaban J connectivity index is 1.40. The Kier molecular flexibility index (Phi) is 5.27. The van der Waals surface area contributed by atoms with E-state index in [1.807, 2.05) is 0 Å². The molecule has 178 valence electrons. The number of ether oxygens (including phenoxy) is 2. The monoisotopic (exact) mass is 485 g/mol. The molecule has 0 aliphatic rings. The number of amides is 1. The molecule has 0 radical (unpaired) electrons. The highest BCUT2D eigenvalue weighted by atomic mass is 19.4. The number of H-pyrrole nitrogens is 1. The molecule has 0 spiro atoms. The van der Waals surface area contributed by atoms with Crippen LogP contribution in [-0.4, -0.2) is 38.7 Å². The van der Waals surface area contributed by atoms with Gasteiger partial charge in [0.15, 0.2) is 11.4 Å². The number of aromatic amines is 1. The van der Waals surface area contributed by atoms with E-state index in [0.717, 1.165) is 6.07 Å². The standard InChI is InChI=1S/C23H15F4N5O3/c1-34-19-9-14(24)10-32-11-18(28-20(19)32)21(33)31-22-29-16-6-5-13(8-17(16)30-22)12-3-2-4-15(7-12)35-23(25,26)27/h2-11H,1H3,(H2,29,30,31,33). The van der Waals surface area contributed by atoms with Gasteiger partial charge in [-0.1, -0.05) is 18.2 Å². The first-order chi connectivity index (χ1) is 16.7. The van der Waals surface area contributed by atoms with Crippen LogP contribution in [0, 0.1) is 5.82 Å². The molecule has 0 aliphatic carbocycles. The minimum absolute atomic E-state index is 0.0107. The van der Waals surface area contributed by atoms with Gasteiger partial charge in [-0.2, -0.15) is 0 Å². The van der Waals surface area contributed by atoms with Gasteiger partial charge in [0.2, 0.25) is 5.95 Å². The number of aromatic nitrogens is 4. The summed E-state index contributed by atoms with van der Waals surface area (Å²) in [6.07, 6.45) is -2.27. The zero-order valence-corrected chi connectivity index (χ0v) is 17.9. The third kappa shape index (κ3) is 4.58. The summed E-state index contributed by atoms with van der Waals surface area (Å²) in [5.74, 6) is -1.18. The summed E-state index contributed by atoms with van der Waals surface area (Å²) < 4.78 is 61.7. The summed E-state index contributed by atoms with van der Waals surface area (Å²) in [6, 6.07) is 11.8. The fraction of sp³-hybridized carbons (Fsp3) is 0.0870. The van der Waals surface area contributed by atoms with Crippen molar-refractivity contribution in [3.8, 4) is 22.6 Å². The second-order valence-corrected chi connectivity index (χ2v) is 7.43. The van der Waals surface area contributed by atoms with E-state index in [9.17, 15) is 22.4 Å². The van der Waals surface area contributed by atoms with Gasteiger partial charge in [-0.15, -0.1) is 13.2 Å². The number of anilines is 1. The Morgan fingerprint density at radius 3 is 2.63 bits per heavy atom. The molecular weight excluding hydrogens is 470 g/mol. The fourth-order valence-corrected chi connectivity index (χ4v) is 3.59. The second-order valence-electron chi connectivity index (χ2n) is 7.43. The predicted molar refractivity (Wildman–Crippen MR) is 118 cm³/mol. The van der Waals surface area contributed by atoms with E-state index < -0.39 is 18.1 Å². The van der Waals surface area contributed by atoms with Gasteiger partial charge in [0.05, 0.1) is 18.1 Å². The Labute approximate surface area is 194 Å². The van der Waals surface area contributed by atoms with Crippen LogP contribution in [-0.2, 0) is 0 Å². The SMILES string of the molecule is COc1cc(F)cn2cc(C(=O)Nc3nc4ccc(-c5cccc(OC(F)(F)F)c5)cc4[nH]3)nc12. The van der Waals surface area contributed by atoms with Crippen LogP contribution in [0.3, 0.4) is 0 Å². The van der Waals surface area contributed by atoms with Crippen LogP contribution < -0.4 is 14.8 Å². The van der Waals surface area contributed by atoms with Crippen LogP contribution in [0.2, 0.25) is 0 Å². The van der Waals surface area contributed by atoms with Crippen molar-refractivity contribution in [1.29, 1.82) is 0 Å². The number of benzene rings is 2. The van der Waals surface area contributed by atoms with E-state index in [4.69, 9.17) is 4.74 Å². The molecular formula is C23H15F4N5O3. The van der Waals surface area contributed by atoms with Crippen molar-refractivity contribution in [2.75, 3.05) is 12.4 Å². The number of carbonyl (C=O) groups is 1. The Hall–Kier alpha value is -4.61. The number of halogens is 4. The van der Waals surface area contributed by atoms with E-state index in [-0.39, 0.29) is 28.8 Å². The molecule has 3 aromatic heterocycles. The van der Waals surface area contributed by atoms with E-state index >= 15 is 0 Å². The van der Waals surface area contributed by atoms with Crippen molar-refractivity contribution in [3.05, 3.63) is 72.4 Å². The lowest BCUT2D eigenvalue weighted by Crippen LogP contribution is -2.17. The summed E-state index contributed by atoms with van der Waals surface area (Å²) in [5.41, 5.74) is 2.45. The topological polar surface area (TPSA) is 93.5 Å². The first-order valence-corrected chi connectivity index (χ1v) is 10.1. The second kappa shape index (κ2) is 8.31. The van der Waals surface area contributed by atoms with Crippen molar-refractivity contribution < 1.29 is 31.8 Å². The molecule has 0 bridgehead atoms. The van der Waals surface area contributed by atoms with Crippen molar-refractivity contribution >= 4 is 28.5 Å². The average Bonchev–Trinajstić information content (AvgIpc) is 3.40. The third-order valence-electron chi connectivity index (χ3n) is 5.05. The predicted octanol–water partition coefficient (Wildman–Crippen LogP) is 5.18. The molecule has 2 N–H and O–H groups in total. The number of fused-ring (bicyclic) bond motifs is 2. The number of alkyl halides is 3. The number of methoxy groups -OCH3 is 1. The molecule has 0 saturated carbocycles. The quantitative estimate of drug-likeness (QED) is 0.335. The Morgan fingerprint density at radius 2 is 1.86 bits per heavy atom. The molecule has 1 amide bonds. The van der Waals surface area contributed by atoms with Crippen molar-refractivity contribution in [3.63, 3.8) is 0 Å². The lowest BCUT2D eigenvalue weighted by atomic mass is 10.0. The number of hydrogen-bond donors (Lipinski definition) is 2. The van der Waals surface area contributed by atoms with Gasteiger partial charge in [0, 0.05) is 18.5 Å². The van der Waals surface area contributed by atoms with Crippen molar-refractivity contribution in [1.82, 2.24) is 19.4 Å². The maximum absolute atomic E-state index is 13.7. The normalized spacial score (nSPS) is 11.7. The van der Waals surface area contributed by atoms with Crippen LogP contribution in [0.1, 0.15) is 10.5 Å². The van der Waals surface area contributed by atoms with Crippen LogP contribution in [0.4, 0.5) is 23.5 Å². The number of imidazole rings is 2. The first-order valence-electron chi connectivity index (χ1n) is 10.1. The molecule has 35 heavy (non-hydrogen) atoms. The molecule has 8 nitrogen and oxygen atoms in total. The van der Waals surface area contributed by atoms with E-state index in [1.54, 1.807) is 24.3 Å². The highest BCUT2D eigenvalue weighted by Gasteiger charge is 2.31. The smallest absolute Gasteiger partial charge is 0.493 e. The highest BCUT2D eigenvalue weighted by Crippen LogP contribution is 2.30. The molecule has 0 unspecified atom stereocenters. The van der Waals surface area contributed by atoms with Gasteiger partial charge in [0.1, 0.15) is 17.3 Å². The minimum atomic E-state index is -4.79. The average molecular weight is 485 g/mol. The maximum atomic E-state index is 13.7. The number of nitrogens with zero attached hydrogens (tertiary/aromatic N) is 3. The lowest BCUT2D eigenvalue weighted by molar-refractivity contribution is -0.274. The molecule has 2 aromatic carbocycles. The molecule has 0 fully saturated rings. The van der Waals surface area contributed by atoms with Crippen LogP contribution >= 0.6 is 0 Å². The number of pyridine rings is 1. The van der Waals surface area contributed by atoms with E-state index in [2.05, 4.69) is 25.0 Å². The van der Waals surface area contributed by atoms with Gasteiger partial charge in [-0.25, -0.2) is 14.4 Å². The number of carbonyl (C=O) groups excluding carboxylic acids is 1. The lowest BCUT2D eigenvalue weighted by Gasteiger charge is -2.10. The highest BCUT2D eigenvalue weighted by molar-refractivity contribution is 6.03. The van der Waals surface area contributed by atoms with Gasteiger partial charge >= 0.3 is 6.36 Å². The van der Waals surface area contributed by atoms with E-state index in [0.29, 0.717) is 22.2 Å². The number of hydrogen-bond acceptors (Lipinski definition) is 5. The van der Waals surface area contributed by atoms with Crippen molar-refractivity contribution in [2.24, 2.45) is 0 Å². The van der Waals surface area contributed by atoms with Gasteiger partial charge in [-0.05, 0) is 35.4 Å². The van der Waals surface area contributed by atoms with Gasteiger partial charge in [0.25, 0.3) is 5.91 Å². The van der Waals surface area contributed by atoms with Crippen LogP contribution in [0.5, 0.6) is 11.5 Å². The number of nitrogens with one attached hydrogen (secondary N) is 2. The third-order valence-corrected chi connectivity index (χ3v) is 5.05. The minimum Gasteiger partial charge on any atom is -0.493 e. The summed E-state index contributed by atoms with van der Waals surface area (Å²) >= 11 is 0.